The van der Waals surface area contributed by atoms with Gasteiger partial charge in [-0.3, -0.25) is 0 Å². The van der Waals surface area contributed by atoms with Gasteiger partial charge in [-0.05, 0) is 5.92 Å². The fourth-order valence-corrected chi connectivity index (χ4v) is 5.52. The molecule has 0 bridgehead atoms. The molecule has 0 heterocycles. The van der Waals surface area contributed by atoms with E-state index >= 15 is 0 Å². The molecule has 0 aliphatic heterocycles. The van der Waals surface area contributed by atoms with Crippen molar-refractivity contribution in [2.24, 2.45) is 5.92 Å². The monoisotopic (exact) mass is 420 g/mol. The number of hydrogen-bond acceptors (Lipinski definition) is 0. The topological polar surface area (TPSA) is 0 Å². The predicted molar refractivity (Wildman–Crippen MR) is 138 cm³/mol. The summed E-state index contributed by atoms with van der Waals surface area (Å²) in [6.07, 6.45) is 42.0. The molecule has 0 aromatic carbocycles. The van der Waals surface area contributed by atoms with Crippen LogP contribution in [0.25, 0.3) is 0 Å². The molecule has 0 radical (unpaired) electrons. The summed E-state index contributed by atoms with van der Waals surface area (Å²) < 4.78 is 0. The number of rotatable bonds is 19. The van der Waals surface area contributed by atoms with Crippen LogP contribution < -0.4 is 0 Å². The molecule has 1 aliphatic rings. The molecular formula is C30H60. The van der Waals surface area contributed by atoms with Crippen LogP contribution in [0.15, 0.2) is 0 Å². The van der Waals surface area contributed by atoms with E-state index in [-0.39, 0.29) is 0 Å². The molecule has 0 nitrogen and oxygen atoms in total. The minimum atomic E-state index is 1.07. The van der Waals surface area contributed by atoms with Crippen LogP contribution >= 0.6 is 0 Å². The molecule has 1 aliphatic carbocycles. The van der Waals surface area contributed by atoms with Crippen molar-refractivity contribution in [3.63, 3.8) is 0 Å². The van der Waals surface area contributed by atoms with Gasteiger partial charge in [0.25, 0.3) is 0 Å². The van der Waals surface area contributed by atoms with Gasteiger partial charge >= 0.3 is 0 Å². The van der Waals surface area contributed by atoms with E-state index in [1.165, 1.54) is 161 Å². The molecular weight excluding hydrogens is 360 g/mol. The minimum Gasteiger partial charge on any atom is -0.0654 e. The maximum Gasteiger partial charge on any atom is -0.0414 e. The van der Waals surface area contributed by atoms with Crippen molar-refractivity contribution in [1.82, 2.24) is 0 Å². The van der Waals surface area contributed by atoms with Gasteiger partial charge in [-0.1, -0.05) is 187 Å². The van der Waals surface area contributed by atoms with Gasteiger partial charge in [-0.15, -0.1) is 0 Å². The predicted octanol–water partition coefficient (Wildman–Crippen LogP) is 11.6. The first-order valence-corrected chi connectivity index (χ1v) is 14.9. The van der Waals surface area contributed by atoms with Crippen molar-refractivity contribution in [3.8, 4) is 0 Å². The van der Waals surface area contributed by atoms with Crippen LogP contribution in [0.2, 0.25) is 0 Å². The molecule has 0 atom stereocenters. The highest BCUT2D eigenvalue weighted by atomic mass is 14.2. The average Bonchev–Trinajstić information content (AvgIpc) is 2.77. The fourth-order valence-electron chi connectivity index (χ4n) is 5.52. The largest absolute Gasteiger partial charge is 0.0654 e. The Labute approximate surface area is 192 Å². The van der Waals surface area contributed by atoms with E-state index in [0.717, 1.165) is 5.92 Å². The van der Waals surface area contributed by atoms with Crippen LogP contribution in [-0.2, 0) is 0 Å². The second-order valence-electron chi connectivity index (χ2n) is 10.7. The second kappa shape index (κ2) is 23.7. The number of unbranched alkanes of at least 4 members (excludes halogenated alkanes) is 17. The zero-order chi connectivity index (χ0) is 21.4. The van der Waals surface area contributed by atoms with E-state index in [2.05, 4.69) is 6.92 Å². The van der Waals surface area contributed by atoms with Crippen molar-refractivity contribution in [2.45, 2.75) is 187 Å². The third-order valence-electron chi connectivity index (χ3n) is 7.69. The van der Waals surface area contributed by atoms with E-state index in [9.17, 15) is 0 Å². The van der Waals surface area contributed by atoms with E-state index in [1.807, 2.05) is 0 Å². The molecule has 0 N–H and O–H groups in total. The Morgan fingerprint density at radius 1 is 0.367 bits per heavy atom. The molecule has 30 heavy (non-hydrogen) atoms. The van der Waals surface area contributed by atoms with Gasteiger partial charge < -0.3 is 0 Å². The lowest BCUT2D eigenvalue weighted by molar-refractivity contribution is 0.356. The normalized spacial score (nSPS) is 16.7. The van der Waals surface area contributed by atoms with E-state index in [1.54, 1.807) is 19.3 Å². The maximum absolute atomic E-state index is 2.31. The van der Waals surface area contributed by atoms with E-state index in [0.29, 0.717) is 0 Å². The van der Waals surface area contributed by atoms with Gasteiger partial charge in [0.05, 0.1) is 0 Å². The summed E-state index contributed by atoms with van der Waals surface area (Å²) in [4.78, 5) is 0. The van der Waals surface area contributed by atoms with Gasteiger partial charge in [-0.2, -0.15) is 0 Å². The zero-order valence-corrected chi connectivity index (χ0v) is 21.4. The van der Waals surface area contributed by atoms with Crippen LogP contribution in [0, 0.1) is 5.92 Å². The first-order chi connectivity index (χ1) is 14.9. The smallest absolute Gasteiger partial charge is 0.0414 e. The van der Waals surface area contributed by atoms with E-state index in [4.69, 9.17) is 0 Å². The third kappa shape index (κ3) is 19.9. The lowest BCUT2D eigenvalue weighted by Gasteiger charge is -2.18. The van der Waals surface area contributed by atoms with Crippen molar-refractivity contribution in [1.29, 1.82) is 0 Å². The highest BCUT2D eigenvalue weighted by Gasteiger charge is 2.09. The second-order valence-corrected chi connectivity index (χ2v) is 10.7. The van der Waals surface area contributed by atoms with Gasteiger partial charge in [0.2, 0.25) is 0 Å². The van der Waals surface area contributed by atoms with Crippen LogP contribution in [0.1, 0.15) is 187 Å². The Balaban J connectivity index is 1.75. The van der Waals surface area contributed by atoms with Crippen molar-refractivity contribution >= 4 is 0 Å². The van der Waals surface area contributed by atoms with Crippen molar-refractivity contribution in [3.05, 3.63) is 0 Å². The summed E-state index contributed by atoms with van der Waals surface area (Å²) in [7, 11) is 0. The third-order valence-corrected chi connectivity index (χ3v) is 7.69. The summed E-state index contributed by atoms with van der Waals surface area (Å²) in [5.74, 6) is 1.07. The Hall–Kier alpha value is 0. The lowest BCUT2D eigenvalue weighted by atomic mass is 9.88. The summed E-state index contributed by atoms with van der Waals surface area (Å²) in [6, 6.07) is 0. The maximum atomic E-state index is 2.31. The molecule has 180 valence electrons. The first kappa shape index (κ1) is 28.0. The van der Waals surface area contributed by atoms with Crippen LogP contribution in [-0.4, -0.2) is 0 Å². The van der Waals surface area contributed by atoms with Gasteiger partial charge in [0, 0.05) is 0 Å². The SMILES string of the molecule is CCCCCCCCCCCCCCCCCCCCC1CCCCCCCCC1. The summed E-state index contributed by atoms with van der Waals surface area (Å²) in [5, 5.41) is 0. The van der Waals surface area contributed by atoms with Crippen LogP contribution in [0.3, 0.4) is 0 Å². The highest BCUT2D eigenvalue weighted by Crippen LogP contribution is 2.26. The first-order valence-electron chi connectivity index (χ1n) is 14.9. The molecule has 0 saturated heterocycles. The molecule has 0 spiro atoms. The summed E-state index contributed by atoms with van der Waals surface area (Å²) in [5.41, 5.74) is 0. The van der Waals surface area contributed by atoms with Crippen molar-refractivity contribution in [2.75, 3.05) is 0 Å². The molecule has 1 fully saturated rings. The summed E-state index contributed by atoms with van der Waals surface area (Å²) >= 11 is 0. The average molecular weight is 421 g/mol. The molecule has 0 aromatic heterocycles. The van der Waals surface area contributed by atoms with Crippen LogP contribution in [0.4, 0.5) is 0 Å². The molecule has 0 aromatic rings. The van der Waals surface area contributed by atoms with E-state index < -0.39 is 0 Å². The van der Waals surface area contributed by atoms with Gasteiger partial charge in [0.1, 0.15) is 0 Å². The molecule has 0 heteroatoms. The standard InChI is InChI=1S/C30H60/c1-2-3-4-5-6-7-8-9-10-11-12-13-14-15-16-18-21-24-27-30-28-25-22-19-17-20-23-26-29-30/h30H,2-29H2,1H3. The Morgan fingerprint density at radius 3 is 1.03 bits per heavy atom. The molecule has 0 amide bonds. The Kier molecular flexibility index (Phi) is 22.1. The quantitative estimate of drug-likeness (QED) is 0.182. The Morgan fingerprint density at radius 2 is 0.667 bits per heavy atom. The minimum absolute atomic E-state index is 1.07. The van der Waals surface area contributed by atoms with Crippen molar-refractivity contribution < 1.29 is 0 Å². The van der Waals surface area contributed by atoms with Gasteiger partial charge in [0.15, 0.2) is 0 Å². The molecule has 0 unspecified atom stereocenters. The highest BCUT2D eigenvalue weighted by molar-refractivity contribution is 4.63. The molecule has 1 saturated carbocycles. The zero-order valence-electron chi connectivity index (χ0n) is 21.4. The van der Waals surface area contributed by atoms with Crippen LogP contribution in [0.5, 0.6) is 0 Å². The lowest BCUT2D eigenvalue weighted by Crippen LogP contribution is -2.02. The van der Waals surface area contributed by atoms with Gasteiger partial charge in [-0.25, -0.2) is 0 Å². The fraction of sp³-hybridized carbons (Fsp3) is 1.00. The molecule has 1 rings (SSSR count). The Bertz CT molecular complexity index is 297. The number of hydrogen-bond donors (Lipinski definition) is 0. The summed E-state index contributed by atoms with van der Waals surface area (Å²) in [6.45, 7) is 2.31.